The van der Waals surface area contributed by atoms with Gasteiger partial charge in [0.05, 0.1) is 36.0 Å². The number of fused-ring (bicyclic) bond motifs is 1. The van der Waals surface area contributed by atoms with Crippen molar-refractivity contribution in [2.45, 2.75) is 55.2 Å². The zero-order chi connectivity index (χ0) is 19.0. The summed E-state index contributed by atoms with van der Waals surface area (Å²) in [5.41, 5.74) is 0.398. The summed E-state index contributed by atoms with van der Waals surface area (Å²) < 4.78 is 39.5. The van der Waals surface area contributed by atoms with Gasteiger partial charge in [-0.15, -0.1) is 0 Å². The van der Waals surface area contributed by atoms with E-state index in [1.54, 1.807) is 0 Å². The lowest BCUT2D eigenvalue weighted by Crippen LogP contribution is -2.49. The molecular weight excluding hydrogens is 372 g/mol. The lowest BCUT2D eigenvalue weighted by atomic mass is 9.90. The number of nitrogens with zero attached hydrogens (tertiary/aromatic N) is 1. The molecule has 1 aromatic rings. The van der Waals surface area contributed by atoms with Gasteiger partial charge in [-0.3, -0.25) is 14.5 Å². The molecule has 146 valence electrons. The third-order valence-corrected chi connectivity index (χ3v) is 6.79. The van der Waals surface area contributed by atoms with E-state index in [9.17, 15) is 18.0 Å². The topological polar surface area (TPSA) is 102 Å². The van der Waals surface area contributed by atoms with Crippen LogP contribution in [0.15, 0.2) is 29.2 Å². The molecule has 2 saturated heterocycles. The summed E-state index contributed by atoms with van der Waals surface area (Å²) in [6, 6.07) is 5.61. The summed E-state index contributed by atoms with van der Waals surface area (Å²) >= 11 is 0. The van der Waals surface area contributed by atoms with Gasteiger partial charge in [0.25, 0.3) is 0 Å². The van der Waals surface area contributed by atoms with E-state index in [0.717, 1.165) is 11.3 Å². The van der Waals surface area contributed by atoms with Crippen molar-refractivity contribution in [3.63, 3.8) is 0 Å². The molecule has 0 bridgehead atoms. The van der Waals surface area contributed by atoms with E-state index < -0.39 is 10.0 Å². The molecule has 1 N–H and O–H groups in total. The molecule has 1 saturated carbocycles. The molecule has 4 rings (SSSR count). The summed E-state index contributed by atoms with van der Waals surface area (Å²) in [5.74, 6) is -0.527. The van der Waals surface area contributed by atoms with Crippen molar-refractivity contribution in [2.24, 2.45) is 0 Å². The number of anilines is 1. The summed E-state index contributed by atoms with van der Waals surface area (Å²) in [5, 5.41) is 0. The molecule has 0 unspecified atom stereocenters. The average molecular weight is 394 g/mol. The van der Waals surface area contributed by atoms with Gasteiger partial charge >= 0.3 is 0 Å². The number of ether oxygens (including phenoxy) is 2. The molecule has 0 aromatic heterocycles. The minimum atomic E-state index is -3.70. The van der Waals surface area contributed by atoms with Gasteiger partial charge in [0, 0.05) is 18.9 Å². The molecule has 3 fully saturated rings. The Kier molecular flexibility index (Phi) is 5.02. The second kappa shape index (κ2) is 7.31. The van der Waals surface area contributed by atoms with Crippen LogP contribution in [0.25, 0.3) is 0 Å². The van der Waals surface area contributed by atoms with Crippen LogP contribution in [-0.4, -0.2) is 51.7 Å². The largest absolute Gasteiger partial charge is 0.373 e. The summed E-state index contributed by atoms with van der Waals surface area (Å²) in [6.45, 7) is 1.13. The Hall–Kier alpha value is -1.81. The molecule has 0 spiro atoms. The van der Waals surface area contributed by atoms with Crippen molar-refractivity contribution in [1.29, 1.82) is 0 Å². The Balaban J connectivity index is 1.44. The fraction of sp³-hybridized carbons (Fsp3) is 0.556. The first kappa shape index (κ1) is 18.5. The number of nitrogens with one attached hydrogen (secondary N) is 1. The van der Waals surface area contributed by atoms with E-state index >= 15 is 0 Å². The maximum atomic E-state index is 12.7. The third-order valence-electron chi connectivity index (χ3n) is 5.26. The highest BCUT2D eigenvalue weighted by atomic mass is 32.2. The van der Waals surface area contributed by atoms with E-state index in [0.29, 0.717) is 31.7 Å². The molecule has 3 aliphatic rings. The van der Waals surface area contributed by atoms with Gasteiger partial charge in [0.1, 0.15) is 0 Å². The molecular formula is C18H22N2O6S. The average Bonchev–Trinajstić information content (AvgIpc) is 3.00. The lowest BCUT2D eigenvalue weighted by molar-refractivity contribution is -0.156. The number of carbonyl (C=O) groups excluding carboxylic acids is 2. The third kappa shape index (κ3) is 3.77. The maximum absolute atomic E-state index is 12.7. The Bertz CT molecular complexity index is 822. The number of benzene rings is 1. The number of hydrogen-bond donors (Lipinski definition) is 1. The number of carbonyl (C=O) groups is 2. The van der Waals surface area contributed by atoms with Crippen LogP contribution < -0.4 is 9.62 Å². The van der Waals surface area contributed by atoms with Crippen LogP contribution in [0.4, 0.5) is 5.69 Å². The highest BCUT2D eigenvalue weighted by molar-refractivity contribution is 7.89. The zero-order valence-electron chi connectivity index (χ0n) is 14.8. The zero-order valence-corrected chi connectivity index (χ0v) is 15.6. The first-order valence-electron chi connectivity index (χ1n) is 9.15. The first-order chi connectivity index (χ1) is 12.9. The predicted octanol–water partition coefficient (Wildman–Crippen LogP) is 0.955. The number of rotatable bonds is 4. The molecule has 8 nitrogen and oxygen atoms in total. The van der Waals surface area contributed by atoms with E-state index in [1.807, 2.05) is 0 Å². The molecule has 2 amide bonds. The van der Waals surface area contributed by atoms with Gasteiger partial charge in [-0.25, -0.2) is 13.1 Å². The normalized spacial score (nSPS) is 29.0. The van der Waals surface area contributed by atoms with Gasteiger partial charge in [-0.1, -0.05) is 0 Å². The Morgan fingerprint density at radius 3 is 2.22 bits per heavy atom. The Labute approximate surface area is 157 Å². The number of sulfonamides is 1. The summed E-state index contributed by atoms with van der Waals surface area (Å²) in [6.07, 6.45) is 2.39. The standard InChI is InChI=1S/C18H22N2O6S/c21-17-7-8-18(22)20(17)13-2-4-14(5-3-13)27(23,24)19-12-1-6-15-16(11-12)26-10-9-25-15/h2-5,12,15-16,19H,1,6-11H2/t12-,15-,16+/m1/s1. The quantitative estimate of drug-likeness (QED) is 0.763. The first-order valence-corrected chi connectivity index (χ1v) is 10.6. The van der Waals surface area contributed by atoms with Crippen molar-refractivity contribution in [3.05, 3.63) is 24.3 Å². The van der Waals surface area contributed by atoms with Gasteiger partial charge in [-0.05, 0) is 43.5 Å². The molecule has 1 aliphatic carbocycles. The molecule has 2 heterocycles. The molecule has 0 radical (unpaired) electrons. The van der Waals surface area contributed by atoms with Gasteiger partial charge in [0.2, 0.25) is 21.8 Å². The molecule has 2 aliphatic heterocycles. The van der Waals surface area contributed by atoms with E-state index in [4.69, 9.17) is 9.47 Å². The highest BCUT2D eigenvalue weighted by Gasteiger charge is 2.36. The van der Waals surface area contributed by atoms with Crippen molar-refractivity contribution in [3.8, 4) is 0 Å². The lowest BCUT2D eigenvalue weighted by Gasteiger charge is -2.38. The van der Waals surface area contributed by atoms with E-state index in [2.05, 4.69) is 4.72 Å². The Morgan fingerprint density at radius 1 is 0.926 bits per heavy atom. The van der Waals surface area contributed by atoms with Crippen LogP contribution in [-0.2, 0) is 29.1 Å². The van der Waals surface area contributed by atoms with Crippen molar-refractivity contribution in [1.82, 2.24) is 4.72 Å². The minimum absolute atomic E-state index is 0.0503. The highest BCUT2D eigenvalue weighted by Crippen LogP contribution is 2.28. The second-order valence-electron chi connectivity index (χ2n) is 7.07. The maximum Gasteiger partial charge on any atom is 0.240 e. The van der Waals surface area contributed by atoms with E-state index in [1.165, 1.54) is 24.3 Å². The van der Waals surface area contributed by atoms with Gasteiger partial charge in [0.15, 0.2) is 0 Å². The molecule has 27 heavy (non-hydrogen) atoms. The number of imide groups is 1. The summed E-state index contributed by atoms with van der Waals surface area (Å²) in [4.78, 5) is 24.8. The van der Waals surface area contributed by atoms with Gasteiger partial charge < -0.3 is 9.47 Å². The monoisotopic (exact) mass is 394 g/mol. The minimum Gasteiger partial charge on any atom is -0.373 e. The fourth-order valence-corrected chi connectivity index (χ4v) is 5.18. The van der Waals surface area contributed by atoms with Crippen LogP contribution in [0.2, 0.25) is 0 Å². The van der Waals surface area contributed by atoms with Crippen LogP contribution in [0.5, 0.6) is 0 Å². The van der Waals surface area contributed by atoms with Crippen molar-refractivity contribution < 1.29 is 27.5 Å². The predicted molar refractivity (Wildman–Crippen MR) is 95.6 cm³/mol. The van der Waals surface area contributed by atoms with Crippen molar-refractivity contribution in [2.75, 3.05) is 18.1 Å². The smallest absolute Gasteiger partial charge is 0.240 e. The van der Waals surface area contributed by atoms with Crippen LogP contribution in [0, 0.1) is 0 Å². The number of amides is 2. The van der Waals surface area contributed by atoms with Gasteiger partial charge in [-0.2, -0.15) is 0 Å². The second-order valence-corrected chi connectivity index (χ2v) is 8.78. The summed E-state index contributed by atoms with van der Waals surface area (Å²) in [7, 11) is -3.70. The fourth-order valence-electron chi connectivity index (χ4n) is 3.90. The van der Waals surface area contributed by atoms with Crippen molar-refractivity contribution >= 4 is 27.5 Å². The Morgan fingerprint density at radius 2 is 1.56 bits per heavy atom. The van der Waals surface area contributed by atoms with Crippen LogP contribution >= 0.6 is 0 Å². The van der Waals surface area contributed by atoms with Crippen LogP contribution in [0.3, 0.4) is 0 Å². The SMILES string of the molecule is O=C1CCC(=O)N1c1ccc(S(=O)(=O)N[C@@H]2CC[C@H]3OCCO[C@H]3C2)cc1. The molecule has 3 atom stereocenters. The molecule has 9 heteroatoms. The van der Waals surface area contributed by atoms with Crippen LogP contribution in [0.1, 0.15) is 32.1 Å². The molecule has 1 aromatic carbocycles. The number of hydrogen-bond acceptors (Lipinski definition) is 6. The van der Waals surface area contributed by atoms with E-state index in [-0.39, 0.29) is 47.8 Å².